The zero-order valence-electron chi connectivity index (χ0n) is 30.6. The summed E-state index contributed by atoms with van der Waals surface area (Å²) in [5.74, 6) is -20.2. The quantitative estimate of drug-likeness (QED) is 0.0552. The van der Waals surface area contributed by atoms with Crippen molar-refractivity contribution in [1.29, 1.82) is 0 Å². The first-order valence-electron chi connectivity index (χ1n) is 16.8. The summed E-state index contributed by atoms with van der Waals surface area (Å²) >= 11 is 0. The van der Waals surface area contributed by atoms with Crippen molar-refractivity contribution in [3.05, 3.63) is 70.3 Å². The van der Waals surface area contributed by atoms with Crippen LogP contribution in [-0.2, 0) is 39.6 Å². The highest BCUT2D eigenvalue weighted by Crippen LogP contribution is 2.42. The number of aliphatic hydroxyl groups excluding tert-OH is 1. The maximum atomic E-state index is 13.9. The minimum Gasteiger partial charge on any atom is -0.504 e. The fourth-order valence-electron chi connectivity index (χ4n) is 5.60. The Bertz CT molecular complexity index is 2360. The van der Waals surface area contributed by atoms with E-state index in [9.17, 15) is 90.4 Å². The Hall–Kier alpha value is -8.25. The first-order valence-corrected chi connectivity index (χ1v) is 16.8. The third-order valence-electron chi connectivity index (χ3n) is 8.75. The zero-order valence-corrected chi connectivity index (χ0v) is 30.6. The number of hydrogen-bond acceptors (Lipinski definition) is 24. The molecule has 1 heterocycles. The first-order chi connectivity index (χ1) is 28.6. The van der Waals surface area contributed by atoms with Crippen LogP contribution in [-0.4, -0.2) is 141 Å². The van der Waals surface area contributed by atoms with E-state index in [1.807, 2.05) is 0 Å². The van der Waals surface area contributed by atoms with Crippen LogP contribution >= 0.6 is 0 Å². The molecule has 24 heteroatoms. The number of phenolic OH excluding ortho intramolecular Hbond substituents is 12. The molecule has 61 heavy (non-hydrogen) atoms. The number of phenols is 12. The molecule has 5 atom stereocenters. The molecule has 1 saturated heterocycles. The molecular formula is C37H32O24. The van der Waals surface area contributed by atoms with Crippen molar-refractivity contribution in [2.75, 3.05) is 13.7 Å². The molecule has 24 nitrogen and oxygen atoms in total. The standard InChI is InChI=1S/C37H32O24/c1-56-24(45)9-14-15(8-22(44)29(50)25(14)46)36(55)60-32-31(59-34(53)12-4-18(40)27(48)19(41)5-12)30(51)23(10-57-33(52)11-2-16(38)26(47)17(39)3-11)58-37(32)61-35(54)13-6-20(42)28(49)21(43)7-13/h2-8,23,30-32,37-44,46-51H,9-10H2,1H3/t23-,30-,31+,32-,37+/m1/s1. The lowest BCUT2D eigenvalue weighted by molar-refractivity contribution is -0.283. The number of ether oxygens (including phenoxy) is 6. The molecule has 4 aromatic rings. The van der Waals surface area contributed by atoms with Crippen molar-refractivity contribution in [2.45, 2.75) is 37.1 Å². The Balaban J connectivity index is 1.61. The van der Waals surface area contributed by atoms with E-state index in [1.54, 1.807) is 0 Å². The monoisotopic (exact) mass is 860 g/mol. The Morgan fingerprint density at radius 1 is 0.525 bits per heavy atom. The van der Waals surface area contributed by atoms with Crippen LogP contribution in [0.3, 0.4) is 0 Å². The van der Waals surface area contributed by atoms with Gasteiger partial charge < -0.3 is 94.8 Å². The lowest BCUT2D eigenvalue weighted by Crippen LogP contribution is -2.62. The number of carbonyl (C=O) groups excluding carboxylic acids is 5. The molecule has 1 aliphatic heterocycles. The molecule has 1 aliphatic rings. The predicted molar refractivity (Wildman–Crippen MR) is 190 cm³/mol. The van der Waals surface area contributed by atoms with Crippen LogP contribution in [0.25, 0.3) is 0 Å². The smallest absolute Gasteiger partial charge is 0.340 e. The van der Waals surface area contributed by atoms with E-state index in [0.717, 1.165) is 7.11 Å². The first kappa shape index (κ1) is 43.9. The number of aliphatic hydroxyl groups is 1. The summed E-state index contributed by atoms with van der Waals surface area (Å²) in [5.41, 5.74) is -3.70. The lowest BCUT2D eigenvalue weighted by Gasteiger charge is -2.42. The largest absolute Gasteiger partial charge is 0.504 e. The maximum absolute atomic E-state index is 13.9. The number of esters is 5. The van der Waals surface area contributed by atoms with Gasteiger partial charge in [-0.05, 0) is 42.5 Å². The minimum absolute atomic E-state index is 0.503. The SMILES string of the molecule is COC(=O)Cc1c(C(=O)O[C@H]2[C@H](OC(=O)c3cc(O)c(O)c(O)c3)O[C@H](COC(=O)c3cc(O)c(O)c(O)c3)[C@@H](O)[C@@H]2OC(=O)c2cc(O)c(O)c(O)c2)cc(O)c(O)c1O. The minimum atomic E-state index is -2.47. The van der Waals surface area contributed by atoms with E-state index in [0.29, 0.717) is 42.5 Å². The second-order valence-corrected chi connectivity index (χ2v) is 12.7. The summed E-state index contributed by atoms with van der Waals surface area (Å²) in [6, 6.07) is 4.16. The van der Waals surface area contributed by atoms with Gasteiger partial charge in [-0.15, -0.1) is 0 Å². The third-order valence-corrected chi connectivity index (χ3v) is 8.75. The Morgan fingerprint density at radius 3 is 1.39 bits per heavy atom. The number of carbonyl (C=O) groups is 5. The molecule has 0 amide bonds. The van der Waals surface area contributed by atoms with Gasteiger partial charge in [0.1, 0.15) is 18.8 Å². The second kappa shape index (κ2) is 17.3. The van der Waals surface area contributed by atoms with Crippen molar-refractivity contribution in [3.63, 3.8) is 0 Å². The number of benzene rings is 4. The highest BCUT2D eigenvalue weighted by molar-refractivity contribution is 5.96. The molecule has 0 radical (unpaired) electrons. The van der Waals surface area contributed by atoms with Gasteiger partial charge in [-0.2, -0.15) is 0 Å². The highest BCUT2D eigenvalue weighted by Gasteiger charge is 2.52. The van der Waals surface area contributed by atoms with Gasteiger partial charge in [0.2, 0.25) is 18.1 Å². The number of methoxy groups -OCH3 is 1. The summed E-state index contributed by atoms with van der Waals surface area (Å²) in [6.45, 7) is -1.12. The summed E-state index contributed by atoms with van der Waals surface area (Å²) in [4.78, 5) is 66.0. The van der Waals surface area contributed by atoms with E-state index in [4.69, 9.17) is 23.7 Å². The van der Waals surface area contributed by atoms with Crippen molar-refractivity contribution in [2.24, 2.45) is 0 Å². The number of aromatic hydroxyl groups is 12. The summed E-state index contributed by atoms with van der Waals surface area (Å²) in [7, 11) is 0.920. The van der Waals surface area contributed by atoms with E-state index >= 15 is 0 Å². The molecule has 5 rings (SSSR count). The highest BCUT2D eigenvalue weighted by atomic mass is 16.7. The maximum Gasteiger partial charge on any atom is 0.340 e. The van der Waals surface area contributed by atoms with Gasteiger partial charge in [0.05, 0.1) is 35.8 Å². The molecule has 13 N–H and O–H groups in total. The van der Waals surface area contributed by atoms with Gasteiger partial charge in [0, 0.05) is 5.56 Å². The molecule has 1 fully saturated rings. The fourth-order valence-corrected chi connectivity index (χ4v) is 5.60. The van der Waals surface area contributed by atoms with Gasteiger partial charge in [-0.3, -0.25) is 4.79 Å². The summed E-state index contributed by atoms with van der Waals surface area (Å²) in [6.07, 6.45) is -12.6. The third kappa shape index (κ3) is 9.08. The van der Waals surface area contributed by atoms with Crippen LogP contribution in [0.2, 0.25) is 0 Å². The Labute approximate surface area is 338 Å². The predicted octanol–water partition coefficient (Wildman–Crippen LogP) is 0.420. The van der Waals surface area contributed by atoms with Crippen LogP contribution in [0.5, 0.6) is 69.0 Å². The van der Waals surface area contributed by atoms with E-state index in [1.165, 1.54) is 0 Å². The van der Waals surface area contributed by atoms with E-state index in [-0.39, 0.29) is 0 Å². The number of hydrogen-bond donors (Lipinski definition) is 13. The molecule has 0 bridgehead atoms. The van der Waals surface area contributed by atoms with Crippen LogP contribution in [0.15, 0.2) is 42.5 Å². The Kier molecular flexibility index (Phi) is 12.4. The van der Waals surface area contributed by atoms with Crippen molar-refractivity contribution in [1.82, 2.24) is 0 Å². The van der Waals surface area contributed by atoms with E-state index in [2.05, 4.69) is 4.74 Å². The van der Waals surface area contributed by atoms with Crippen LogP contribution in [0.1, 0.15) is 47.0 Å². The molecule has 0 spiro atoms. The molecule has 0 aromatic heterocycles. The van der Waals surface area contributed by atoms with Crippen LogP contribution in [0, 0.1) is 0 Å². The van der Waals surface area contributed by atoms with Gasteiger partial charge in [0.25, 0.3) is 0 Å². The summed E-state index contributed by atoms with van der Waals surface area (Å²) < 4.78 is 31.5. The van der Waals surface area contributed by atoms with Gasteiger partial charge >= 0.3 is 29.8 Å². The summed E-state index contributed by atoms with van der Waals surface area (Å²) in [5, 5.41) is 131. The van der Waals surface area contributed by atoms with Crippen molar-refractivity contribution in [3.8, 4) is 69.0 Å². The van der Waals surface area contributed by atoms with Crippen molar-refractivity contribution >= 4 is 29.8 Å². The molecule has 324 valence electrons. The molecule has 0 saturated carbocycles. The average Bonchev–Trinajstić information content (AvgIpc) is 3.21. The molecule has 0 unspecified atom stereocenters. The molecule has 4 aromatic carbocycles. The van der Waals surface area contributed by atoms with Gasteiger partial charge in [-0.25, -0.2) is 19.2 Å². The lowest BCUT2D eigenvalue weighted by atomic mass is 9.97. The fraction of sp³-hybridized carbons (Fsp3) is 0.216. The zero-order chi connectivity index (χ0) is 45.2. The Morgan fingerprint density at radius 2 is 0.934 bits per heavy atom. The second-order valence-electron chi connectivity index (χ2n) is 12.7. The van der Waals surface area contributed by atoms with Crippen molar-refractivity contribution < 1.29 is 119 Å². The normalized spacial score (nSPS) is 18.4. The molecule has 0 aliphatic carbocycles. The number of rotatable bonds is 11. The van der Waals surface area contributed by atoms with Crippen LogP contribution in [0.4, 0.5) is 0 Å². The van der Waals surface area contributed by atoms with Crippen LogP contribution < -0.4 is 0 Å². The van der Waals surface area contributed by atoms with Gasteiger partial charge in [-0.1, -0.05) is 0 Å². The van der Waals surface area contributed by atoms with E-state index < -0.39 is 170 Å². The molecular weight excluding hydrogens is 828 g/mol. The topological polar surface area (TPSA) is 404 Å². The van der Waals surface area contributed by atoms with Gasteiger partial charge in [0.15, 0.2) is 69.3 Å². The average molecular weight is 861 g/mol.